The van der Waals surface area contributed by atoms with Gasteiger partial charge < -0.3 is 20.7 Å². The summed E-state index contributed by atoms with van der Waals surface area (Å²) >= 11 is 1.39. The average Bonchev–Trinajstić information content (AvgIpc) is 2.85. The third-order valence-corrected chi connectivity index (χ3v) is 6.96. The van der Waals surface area contributed by atoms with E-state index < -0.39 is 23.5 Å². The lowest BCUT2D eigenvalue weighted by Crippen LogP contribution is -2.55. The number of aliphatic carboxylic acids is 1. The predicted molar refractivity (Wildman–Crippen MR) is 76.7 cm³/mol. The Hall–Kier alpha value is -0.790. The van der Waals surface area contributed by atoms with E-state index in [4.69, 9.17) is 15.6 Å². The third kappa shape index (κ3) is 2.17. The zero-order valence-electron chi connectivity index (χ0n) is 11.9. The summed E-state index contributed by atoms with van der Waals surface area (Å²) in [6.45, 7) is 2.06. The Labute approximate surface area is 127 Å². The van der Waals surface area contributed by atoms with Gasteiger partial charge in [0.25, 0.3) is 0 Å². The minimum atomic E-state index is -1.06. The van der Waals surface area contributed by atoms with E-state index in [2.05, 4.69) is 6.92 Å². The minimum Gasteiger partial charge on any atom is -0.480 e. The second-order valence-corrected chi connectivity index (χ2v) is 7.73. The largest absolute Gasteiger partial charge is 0.480 e. The van der Waals surface area contributed by atoms with Gasteiger partial charge in [-0.15, -0.1) is 0 Å². The summed E-state index contributed by atoms with van der Waals surface area (Å²) in [6.07, 6.45) is 2.08. The van der Waals surface area contributed by atoms with Gasteiger partial charge >= 0.3 is 11.9 Å². The van der Waals surface area contributed by atoms with Crippen LogP contribution >= 0.6 is 11.8 Å². The lowest BCUT2D eigenvalue weighted by Gasteiger charge is -2.44. The Morgan fingerprint density at radius 3 is 2.95 bits per heavy atom. The molecule has 3 aliphatic rings. The molecular weight excluding hydrogens is 294 g/mol. The average molecular weight is 315 g/mol. The van der Waals surface area contributed by atoms with Crippen LogP contribution in [0.5, 0.6) is 0 Å². The van der Waals surface area contributed by atoms with E-state index in [1.54, 1.807) is 0 Å². The van der Waals surface area contributed by atoms with E-state index in [9.17, 15) is 14.7 Å². The second kappa shape index (κ2) is 5.14. The standard InChI is InChI=1S/C14H21NO5S/c1-6-4-7-2-3-9-14(7,19)10(13(18)20-9)11(6)21-5-8(15)12(16)17/h6-11,19H,2-5,15H2,1H3,(H,16,17). The molecule has 118 valence electrons. The third-order valence-electron chi connectivity index (χ3n) is 5.29. The first-order valence-corrected chi connectivity index (χ1v) is 8.43. The molecule has 7 unspecified atom stereocenters. The SMILES string of the molecule is CC1CC2CCC3OC(=O)C(C1SCC(N)C(=O)O)C23O. The zero-order valence-corrected chi connectivity index (χ0v) is 12.7. The highest BCUT2D eigenvalue weighted by molar-refractivity contribution is 8.00. The van der Waals surface area contributed by atoms with E-state index in [0.29, 0.717) is 0 Å². The highest BCUT2D eigenvalue weighted by Gasteiger charge is 2.68. The number of nitrogens with two attached hydrogens (primary N) is 1. The summed E-state index contributed by atoms with van der Waals surface area (Å²) in [7, 11) is 0. The molecule has 6 nitrogen and oxygen atoms in total. The van der Waals surface area contributed by atoms with Gasteiger partial charge in [-0.3, -0.25) is 9.59 Å². The molecule has 0 aromatic rings. The van der Waals surface area contributed by atoms with E-state index in [0.717, 1.165) is 19.3 Å². The molecular formula is C14H21NO5S. The monoisotopic (exact) mass is 315 g/mol. The van der Waals surface area contributed by atoms with E-state index in [1.165, 1.54) is 11.8 Å². The van der Waals surface area contributed by atoms with Crippen LogP contribution in [0.1, 0.15) is 26.2 Å². The van der Waals surface area contributed by atoms with Gasteiger partial charge in [0.1, 0.15) is 23.7 Å². The Kier molecular flexibility index (Phi) is 3.70. The van der Waals surface area contributed by atoms with Crippen molar-refractivity contribution in [3.8, 4) is 0 Å². The highest BCUT2D eigenvalue weighted by atomic mass is 32.2. The quantitative estimate of drug-likeness (QED) is 0.637. The maximum atomic E-state index is 12.2. The molecule has 3 fully saturated rings. The number of carboxylic acid groups (broad SMARTS) is 1. The van der Waals surface area contributed by atoms with Gasteiger partial charge in [0.05, 0.1) is 0 Å². The van der Waals surface area contributed by atoms with Crippen LogP contribution in [0.4, 0.5) is 0 Å². The van der Waals surface area contributed by atoms with Crippen LogP contribution in [0, 0.1) is 17.8 Å². The summed E-state index contributed by atoms with van der Waals surface area (Å²) in [5.41, 5.74) is 4.49. The molecule has 1 saturated heterocycles. The van der Waals surface area contributed by atoms with Crippen LogP contribution in [0.25, 0.3) is 0 Å². The van der Waals surface area contributed by atoms with Gasteiger partial charge in [-0.05, 0) is 31.1 Å². The number of hydrogen-bond donors (Lipinski definition) is 3. The number of ether oxygens (including phenoxy) is 1. The van der Waals surface area contributed by atoms with Crippen LogP contribution in [0.3, 0.4) is 0 Å². The van der Waals surface area contributed by atoms with Gasteiger partial charge in [-0.2, -0.15) is 11.8 Å². The van der Waals surface area contributed by atoms with Gasteiger partial charge in [0.15, 0.2) is 0 Å². The van der Waals surface area contributed by atoms with Crippen LogP contribution in [-0.4, -0.2) is 50.9 Å². The summed E-state index contributed by atoms with van der Waals surface area (Å²) in [6, 6.07) is -0.952. The van der Waals surface area contributed by atoms with Crippen molar-refractivity contribution in [3.63, 3.8) is 0 Å². The topological polar surface area (TPSA) is 110 Å². The summed E-state index contributed by atoms with van der Waals surface area (Å²) < 4.78 is 5.39. The number of thioether (sulfide) groups is 1. The zero-order chi connectivity index (χ0) is 15.4. The summed E-state index contributed by atoms with van der Waals surface area (Å²) in [5.74, 6) is -1.35. The Bertz CT molecular complexity index is 472. The lowest BCUT2D eigenvalue weighted by atomic mass is 9.66. The number of carbonyl (C=O) groups excluding carboxylic acids is 1. The van der Waals surface area contributed by atoms with Crippen molar-refractivity contribution in [3.05, 3.63) is 0 Å². The maximum absolute atomic E-state index is 12.2. The fourth-order valence-corrected chi connectivity index (χ4v) is 5.78. The molecule has 1 heterocycles. The molecule has 0 bridgehead atoms. The molecule has 4 N–H and O–H groups in total. The first kappa shape index (κ1) is 15.1. The summed E-state index contributed by atoms with van der Waals surface area (Å²) in [4.78, 5) is 23.0. The van der Waals surface area contributed by atoms with Crippen molar-refractivity contribution in [1.82, 2.24) is 0 Å². The Morgan fingerprint density at radius 1 is 1.57 bits per heavy atom. The van der Waals surface area contributed by atoms with Crippen LogP contribution < -0.4 is 5.73 Å². The normalized spacial score (nSPS) is 46.0. The molecule has 0 aromatic carbocycles. The maximum Gasteiger partial charge on any atom is 0.321 e. The van der Waals surface area contributed by atoms with Crippen molar-refractivity contribution in [2.45, 2.75) is 49.2 Å². The van der Waals surface area contributed by atoms with Crippen LogP contribution in [0.15, 0.2) is 0 Å². The second-order valence-electron chi connectivity index (χ2n) is 6.52. The van der Waals surface area contributed by atoms with Gasteiger partial charge in [0, 0.05) is 11.0 Å². The van der Waals surface area contributed by atoms with Crippen molar-refractivity contribution >= 4 is 23.7 Å². The van der Waals surface area contributed by atoms with Crippen molar-refractivity contribution in [2.75, 3.05) is 5.75 Å². The van der Waals surface area contributed by atoms with Crippen molar-refractivity contribution < 1.29 is 24.5 Å². The number of carbonyl (C=O) groups is 2. The van der Waals surface area contributed by atoms with Crippen molar-refractivity contribution in [1.29, 1.82) is 0 Å². The molecule has 0 aromatic heterocycles. The fourth-order valence-electron chi connectivity index (χ4n) is 4.25. The Balaban J connectivity index is 1.80. The molecule has 0 amide bonds. The predicted octanol–water partition coefficient (Wildman–Crippen LogP) is 0.223. The summed E-state index contributed by atoms with van der Waals surface area (Å²) in [5, 5.41) is 19.8. The molecule has 0 radical (unpaired) electrons. The van der Waals surface area contributed by atoms with Crippen molar-refractivity contribution in [2.24, 2.45) is 23.5 Å². The molecule has 7 atom stereocenters. The fraction of sp³-hybridized carbons (Fsp3) is 0.857. The van der Waals surface area contributed by atoms with Crippen LogP contribution in [-0.2, 0) is 14.3 Å². The van der Waals surface area contributed by atoms with Gasteiger partial charge in [0.2, 0.25) is 0 Å². The number of aliphatic hydroxyl groups is 1. The first-order chi connectivity index (χ1) is 9.85. The van der Waals surface area contributed by atoms with E-state index >= 15 is 0 Å². The molecule has 2 aliphatic carbocycles. The Morgan fingerprint density at radius 2 is 2.29 bits per heavy atom. The first-order valence-electron chi connectivity index (χ1n) is 7.38. The molecule has 1 aliphatic heterocycles. The number of rotatable bonds is 4. The smallest absolute Gasteiger partial charge is 0.321 e. The molecule has 0 spiro atoms. The molecule has 3 rings (SSSR count). The minimum absolute atomic E-state index is 0.110. The van der Waals surface area contributed by atoms with E-state index in [1.807, 2.05) is 0 Å². The highest BCUT2D eigenvalue weighted by Crippen LogP contribution is 2.57. The van der Waals surface area contributed by atoms with Crippen LogP contribution in [0.2, 0.25) is 0 Å². The lowest BCUT2D eigenvalue weighted by molar-refractivity contribution is -0.145. The molecule has 2 saturated carbocycles. The number of esters is 1. The van der Waals surface area contributed by atoms with E-state index in [-0.39, 0.29) is 34.9 Å². The van der Waals surface area contributed by atoms with Gasteiger partial charge in [-0.1, -0.05) is 6.92 Å². The number of hydrogen-bond acceptors (Lipinski definition) is 6. The molecule has 7 heteroatoms. The number of carboxylic acids is 1. The molecule has 21 heavy (non-hydrogen) atoms. The van der Waals surface area contributed by atoms with Gasteiger partial charge in [-0.25, -0.2) is 0 Å².